The van der Waals surface area contributed by atoms with E-state index >= 15 is 0 Å². The summed E-state index contributed by atoms with van der Waals surface area (Å²) >= 11 is 0. The Kier molecular flexibility index (Phi) is 7.76. The van der Waals surface area contributed by atoms with Gasteiger partial charge in [0.1, 0.15) is 0 Å². The number of amides is 1. The summed E-state index contributed by atoms with van der Waals surface area (Å²) in [4.78, 5) is 20.1. The van der Waals surface area contributed by atoms with Gasteiger partial charge in [-0.15, -0.1) is 0 Å². The van der Waals surface area contributed by atoms with Crippen LogP contribution in [0, 0.1) is 13.8 Å². The molecule has 1 amide bonds. The lowest BCUT2D eigenvalue weighted by molar-refractivity contribution is 0.0692. The molecule has 1 unspecified atom stereocenters. The number of hydrogen-bond donors (Lipinski definition) is 2. The Bertz CT molecular complexity index is 954. The number of benzene rings is 2. The zero-order chi connectivity index (χ0) is 21.3. The van der Waals surface area contributed by atoms with E-state index in [-0.39, 0.29) is 11.8 Å². The Balaban J connectivity index is 1.81. The first kappa shape index (κ1) is 21.7. The number of rotatable bonds is 10. The molecule has 0 fully saturated rings. The Hall–Kier alpha value is -2.96. The number of nitrogens with one attached hydrogen (secondary N) is 2. The van der Waals surface area contributed by atoms with Gasteiger partial charge in [0.25, 0.3) is 5.91 Å². The lowest BCUT2D eigenvalue weighted by Crippen LogP contribution is -2.27. The van der Waals surface area contributed by atoms with Crippen molar-refractivity contribution >= 4 is 5.91 Å². The maximum Gasteiger partial charge on any atom is 0.251 e. The van der Waals surface area contributed by atoms with Gasteiger partial charge >= 0.3 is 0 Å². The predicted molar refractivity (Wildman–Crippen MR) is 117 cm³/mol. The highest BCUT2D eigenvalue weighted by Crippen LogP contribution is 2.33. The van der Waals surface area contributed by atoms with Crippen molar-refractivity contribution < 1.29 is 14.3 Å². The SMILES string of the molecule is COCCOCCNC(=O)c1cccc(C(c2cnc[nH]2)c2cccc(C)c2C)c1. The van der Waals surface area contributed by atoms with E-state index in [1.54, 1.807) is 13.4 Å². The normalized spacial score (nSPS) is 12.0. The van der Waals surface area contributed by atoms with Crippen molar-refractivity contribution in [3.8, 4) is 0 Å². The van der Waals surface area contributed by atoms with Crippen LogP contribution in [0.2, 0.25) is 0 Å². The van der Waals surface area contributed by atoms with E-state index in [1.807, 2.05) is 24.4 Å². The molecular weight excluding hydrogens is 378 g/mol. The van der Waals surface area contributed by atoms with Crippen LogP contribution >= 0.6 is 0 Å². The van der Waals surface area contributed by atoms with Gasteiger partial charge in [0.05, 0.1) is 32.1 Å². The number of hydrogen-bond acceptors (Lipinski definition) is 4. The largest absolute Gasteiger partial charge is 0.382 e. The number of ether oxygens (including phenoxy) is 2. The number of H-pyrrole nitrogens is 1. The molecule has 3 rings (SSSR count). The predicted octanol–water partition coefficient (Wildman–Crippen LogP) is 3.60. The summed E-state index contributed by atoms with van der Waals surface area (Å²) in [6, 6.07) is 14.1. The van der Waals surface area contributed by atoms with E-state index in [0.717, 1.165) is 11.3 Å². The molecule has 0 bridgehead atoms. The minimum Gasteiger partial charge on any atom is -0.382 e. The van der Waals surface area contributed by atoms with Gasteiger partial charge in [0.2, 0.25) is 0 Å². The molecule has 1 heterocycles. The summed E-state index contributed by atoms with van der Waals surface area (Å²) in [6.45, 7) is 6.21. The first-order chi connectivity index (χ1) is 14.6. The van der Waals surface area contributed by atoms with Crippen LogP contribution < -0.4 is 5.32 Å². The van der Waals surface area contributed by atoms with E-state index in [1.165, 1.54) is 16.7 Å². The average molecular weight is 408 g/mol. The lowest BCUT2D eigenvalue weighted by atomic mass is 9.84. The molecule has 1 atom stereocenters. The smallest absolute Gasteiger partial charge is 0.251 e. The molecule has 2 aromatic carbocycles. The average Bonchev–Trinajstić information content (AvgIpc) is 3.28. The highest BCUT2D eigenvalue weighted by atomic mass is 16.5. The van der Waals surface area contributed by atoms with Crippen LogP contribution in [0.25, 0.3) is 0 Å². The Morgan fingerprint density at radius 1 is 1.13 bits per heavy atom. The molecule has 1 aromatic heterocycles. The molecule has 0 aliphatic heterocycles. The molecule has 0 spiro atoms. The van der Waals surface area contributed by atoms with Crippen molar-refractivity contribution in [3.05, 3.63) is 88.5 Å². The third-order valence-electron chi connectivity index (χ3n) is 5.23. The van der Waals surface area contributed by atoms with E-state index in [9.17, 15) is 4.79 Å². The third-order valence-corrected chi connectivity index (χ3v) is 5.23. The minimum atomic E-state index is -0.114. The third kappa shape index (κ3) is 5.34. The number of aryl methyl sites for hydroxylation is 1. The number of carbonyl (C=O) groups is 1. The highest BCUT2D eigenvalue weighted by Gasteiger charge is 2.21. The van der Waals surface area contributed by atoms with Crippen molar-refractivity contribution in [3.63, 3.8) is 0 Å². The van der Waals surface area contributed by atoms with Gasteiger partial charge in [-0.25, -0.2) is 4.98 Å². The Labute approximate surface area is 177 Å². The number of nitrogens with zero attached hydrogens (tertiary/aromatic N) is 1. The minimum absolute atomic E-state index is 0.0301. The molecule has 0 saturated carbocycles. The van der Waals surface area contributed by atoms with Crippen molar-refractivity contribution in [1.82, 2.24) is 15.3 Å². The van der Waals surface area contributed by atoms with Gasteiger partial charge in [-0.3, -0.25) is 4.79 Å². The van der Waals surface area contributed by atoms with Gasteiger partial charge in [-0.1, -0.05) is 30.3 Å². The second kappa shape index (κ2) is 10.7. The fourth-order valence-electron chi connectivity index (χ4n) is 3.48. The highest BCUT2D eigenvalue weighted by molar-refractivity contribution is 5.94. The first-order valence-electron chi connectivity index (χ1n) is 10.1. The molecule has 0 aliphatic rings. The summed E-state index contributed by atoms with van der Waals surface area (Å²) in [7, 11) is 1.63. The van der Waals surface area contributed by atoms with Gasteiger partial charge < -0.3 is 19.8 Å². The van der Waals surface area contributed by atoms with Crippen LogP contribution in [0.4, 0.5) is 0 Å². The van der Waals surface area contributed by atoms with E-state index in [0.29, 0.717) is 31.9 Å². The zero-order valence-electron chi connectivity index (χ0n) is 17.8. The van der Waals surface area contributed by atoms with Crippen LogP contribution in [0.3, 0.4) is 0 Å². The molecular formula is C24H29N3O3. The molecule has 3 aromatic rings. The van der Waals surface area contributed by atoms with E-state index < -0.39 is 0 Å². The van der Waals surface area contributed by atoms with Crippen LogP contribution in [0.1, 0.15) is 44.2 Å². The summed E-state index contributed by atoms with van der Waals surface area (Å²) in [5, 5.41) is 2.91. The quantitative estimate of drug-likeness (QED) is 0.504. The number of imidazole rings is 1. The van der Waals surface area contributed by atoms with Crippen LogP contribution in [0.5, 0.6) is 0 Å². The fourth-order valence-corrected chi connectivity index (χ4v) is 3.48. The molecule has 2 N–H and O–H groups in total. The van der Waals surface area contributed by atoms with Gasteiger partial charge in [0.15, 0.2) is 0 Å². The van der Waals surface area contributed by atoms with Crippen molar-refractivity contribution in [2.24, 2.45) is 0 Å². The fraction of sp³-hybridized carbons (Fsp3) is 0.333. The summed E-state index contributed by atoms with van der Waals surface area (Å²) in [6.07, 6.45) is 3.53. The zero-order valence-corrected chi connectivity index (χ0v) is 17.8. The van der Waals surface area contributed by atoms with Gasteiger partial charge in [-0.05, 0) is 48.2 Å². The maximum absolute atomic E-state index is 12.6. The van der Waals surface area contributed by atoms with Crippen LogP contribution in [-0.4, -0.2) is 49.4 Å². The number of methoxy groups -OCH3 is 1. The molecule has 6 heteroatoms. The molecule has 0 saturated heterocycles. The lowest BCUT2D eigenvalue weighted by Gasteiger charge is -2.20. The first-order valence-corrected chi connectivity index (χ1v) is 10.1. The topological polar surface area (TPSA) is 76.2 Å². The summed E-state index contributed by atoms with van der Waals surface area (Å²) in [5.74, 6) is -0.144. The van der Waals surface area contributed by atoms with Crippen molar-refractivity contribution in [2.45, 2.75) is 19.8 Å². The Morgan fingerprint density at radius 2 is 1.97 bits per heavy atom. The second-order valence-corrected chi connectivity index (χ2v) is 7.22. The molecule has 0 radical (unpaired) electrons. The molecule has 0 aliphatic carbocycles. The van der Waals surface area contributed by atoms with Crippen LogP contribution in [-0.2, 0) is 9.47 Å². The summed E-state index contributed by atoms with van der Waals surface area (Å²) < 4.78 is 10.3. The number of aromatic nitrogens is 2. The molecule has 6 nitrogen and oxygen atoms in total. The van der Waals surface area contributed by atoms with Crippen molar-refractivity contribution in [1.29, 1.82) is 0 Å². The van der Waals surface area contributed by atoms with Gasteiger partial charge in [-0.2, -0.15) is 0 Å². The van der Waals surface area contributed by atoms with E-state index in [2.05, 4.69) is 53.4 Å². The van der Waals surface area contributed by atoms with E-state index in [4.69, 9.17) is 9.47 Å². The van der Waals surface area contributed by atoms with Crippen LogP contribution in [0.15, 0.2) is 55.0 Å². The number of aromatic amines is 1. The number of carbonyl (C=O) groups excluding carboxylic acids is 1. The Morgan fingerprint density at radius 3 is 2.73 bits per heavy atom. The van der Waals surface area contributed by atoms with Crippen molar-refractivity contribution in [2.75, 3.05) is 33.5 Å². The summed E-state index contributed by atoms with van der Waals surface area (Å²) in [5.41, 5.74) is 6.33. The standard InChI is InChI=1S/C24H29N3O3/c1-17-6-4-9-21(18(17)2)23(22-15-25-16-27-22)19-7-5-8-20(14-19)24(28)26-10-11-30-13-12-29-3/h4-9,14-16,23H,10-13H2,1-3H3,(H,25,27)(H,26,28). The second-order valence-electron chi connectivity index (χ2n) is 7.22. The monoisotopic (exact) mass is 407 g/mol. The maximum atomic E-state index is 12.6. The van der Waals surface area contributed by atoms with Gasteiger partial charge in [0, 0.05) is 31.1 Å². The molecule has 158 valence electrons. The molecule has 30 heavy (non-hydrogen) atoms.